The van der Waals surface area contributed by atoms with Gasteiger partial charge in [0.2, 0.25) is 14.2 Å². The molecule has 1 aromatic carbocycles. The van der Waals surface area contributed by atoms with E-state index in [1.807, 2.05) is 12.1 Å². The topological polar surface area (TPSA) is 103 Å². The molecule has 2 atom stereocenters. The minimum absolute atomic E-state index is 0.0522. The first-order valence-corrected chi connectivity index (χ1v) is 10.3. The molecular weight excluding hydrogens is 366 g/mol. The molecule has 1 aliphatic heterocycles. The van der Waals surface area contributed by atoms with Crippen molar-refractivity contribution in [2.45, 2.75) is 49.0 Å². The molecular formula is C16H19NO6S2. The molecule has 1 aromatic heterocycles. The van der Waals surface area contributed by atoms with Crippen molar-refractivity contribution in [1.82, 2.24) is 4.98 Å². The minimum atomic E-state index is -3.64. The van der Waals surface area contributed by atoms with E-state index in [2.05, 4.69) is 4.98 Å². The SMILES string of the molecule is CC1(C)O[C@@H](CC(=O)O)C[C@@H](CS(=O)(=O)c2nc3ccccc3s2)O1. The van der Waals surface area contributed by atoms with Crippen molar-refractivity contribution < 1.29 is 27.8 Å². The van der Waals surface area contributed by atoms with Gasteiger partial charge >= 0.3 is 5.97 Å². The molecule has 0 aliphatic carbocycles. The lowest BCUT2D eigenvalue weighted by atomic mass is 10.1. The van der Waals surface area contributed by atoms with Crippen LogP contribution in [0.1, 0.15) is 26.7 Å². The van der Waals surface area contributed by atoms with Gasteiger partial charge in [-0.1, -0.05) is 12.1 Å². The average Bonchev–Trinajstić information content (AvgIpc) is 2.88. The van der Waals surface area contributed by atoms with Crippen LogP contribution in [0.25, 0.3) is 10.2 Å². The second-order valence-corrected chi connectivity index (χ2v) is 9.68. The zero-order chi connectivity index (χ0) is 18.2. The minimum Gasteiger partial charge on any atom is -0.481 e. The molecule has 7 nitrogen and oxygen atoms in total. The maximum Gasteiger partial charge on any atom is 0.305 e. The smallest absolute Gasteiger partial charge is 0.305 e. The predicted octanol–water partition coefficient (Wildman–Crippen LogP) is 2.45. The van der Waals surface area contributed by atoms with Gasteiger partial charge in [-0.25, -0.2) is 13.4 Å². The highest BCUT2D eigenvalue weighted by Gasteiger charge is 2.39. The molecule has 1 saturated heterocycles. The van der Waals surface area contributed by atoms with Crippen molar-refractivity contribution >= 4 is 37.4 Å². The second kappa shape index (κ2) is 6.64. The summed E-state index contributed by atoms with van der Waals surface area (Å²) in [5.74, 6) is -2.28. The zero-order valence-electron chi connectivity index (χ0n) is 13.8. The molecule has 0 amide bonds. The van der Waals surface area contributed by atoms with Crippen LogP contribution in [0, 0.1) is 0 Å². The number of nitrogens with zero attached hydrogens (tertiary/aromatic N) is 1. The molecule has 0 radical (unpaired) electrons. The number of ether oxygens (including phenoxy) is 2. The van der Waals surface area contributed by atoms with Gasteiger partial charge in [-0.15, -0.1) is 11.3 Å². The Hall–Kier alpha value is -1.55. The fourth-order valence-electron chi connectivity index (χ4n) is 2.94. The van der Waals surface area contributed by atoms with Gasteiger partial charge in [0.05, 0.1) is 34.6 Å². The van der Waals surface area contributed by atoms with Crippen LogP contribution in [-0.4, -0.2) is 48.2 Å². The number of para-hydroxylation sites is 1. The van der Waals surface area contributed by atoms with Crippen molar-refractivity contribution in [2.75, 3.05) is 5.75 Å². The zero-order valence-corrected chi connectivity index (χ0v) is 15.5. The number of aliphatic carboxylic acids is 1. The summed E-state index contributed by atoms with van der Waals surface area (Å²) < 4.78 is 37.6. The normalized spacial score (nSPS) is 23.6. The third-order valence-corrected chi connectivity index (χ3v) is 7.05. The van der Waals surface area contributed by atoms with E-state index in [9.17, 15) is 13.2 Å². The molecule has 9 heteroatoms. The Balaban J connectivity index is 1.80. The van der Waals surface area contributed by atoms with Crippen LogP contribution in [0.15, 0.2) is 28.6 Å². The average molecular weight is 385 g/mol. The largest absolute Gasteiger partial charge is 0.481 e. The number of rotatable bonds is 5. The number of carboxylic acid groups (broad SMARTS) is 1. The van der Waals surface area contributed by atoms with Crippen molar-refractivity contribution in [3.05, 3.63) is 24.3 Å². The Morgan fingerprint density at radius 2 is 2.00 bits per heavy atom. The summed E-state index contributed by atoms with van der Waals surface area (Å²) in [5, 5.41) is 8.97. The molecule has 2 heterocycles. The van der Waals surface area contributed by atoms with Crippen LogP contribution in [0.4, 0.5) is 0 Å². The van der Waals surface area contributed by atoms with E-state index in [1.165, 1.54) is 0 Å². The van der Waals surface area contributed by atoms with E-state index < -0.39 is 33.8 Å². The molecule has 1 fully saturated rings. The van der Waals surface area contributed by atoms with Gasteiger partial charge in [0.25, 0.3) is 0 Å². The summed E-state index contributed by atoms with van der Waals surface area (Å²) >= 11 is 1.12. The lowest BCUT2D eigenvalue weighted by molar-refractivity contribution is -0.295. The predicted molar refractivity (Wildman–Crippen MR) is 92.4 cm³/mol. The molecule has 0 spiro atoms. The highest BCUT2D eigenvalue weighted by atomic mass is 32.2. The molecule has 3 rings (SSSR count). The third kappa shape index (κ3) is 4.35. The van der Waals surface area contributed by atoms with E-state index in [0.717, 1.165) is 16.0 Å². The Bertz CT molecular complexity index is 856. The van der Waals surface area contributed by atoms with Crippen LogP contribution in [-0.2, 0) is 24.1 Å². The van der Waals surface area contributed by atoms with Crippen molar-refractivity contribution in [2.24, 2.45) is 0 Å². The van der Waals surface area contributed by atoms with E-state index in [0.29, 0.717) is 5.52 Å². The monoisotopic (exact) mass is 385 g/mol. The van der Waals surface area contributed by atoms with Crippen molar-refractivity contribution in [1.29, 1.82) is 0 Å². The highest BCUT2D eigenvalue weighted by Crippen LogP contribution is 2.32. The maximum atomic E-state index is 12.7. The first-order valence-electron chi connectivity index (χ1n) is 7.80. The number of carbonyl (C=O) groups is 1. The van der Waals surface area contributed by atoms with Gasteiger partial charge in [-0.2, -0.15) is 0 Å². The first-order chi connectivity index (χ1) is 11.6. The van der Waals surface area contributed by atoms with Gasteiger partial charge in [-0.05, 0) is 26.0 Å². The van der Waals surface area contributed by atoms with Crippen LogP contribution >= 0.6 is 11.3 Å². The Morgan fingerprint density at radius 1 is 1.32 bits per heavy atom. The summed E-state index contributed by atoms with van der Waals surface area (Å²) in [6.45, 7) is 3.30. The second-order valence-electron chi connectivity index (χ2n) is 6.44. The summed E-state index contributed by atoms with van der Waals surface area (Å²) in [5.41, 5.74) is 0.642. The standard InChI is InChI=1S/C16H19NO6S2/c1-16(2)22-10(8-14(18)19)7-11(23-16)9-25(20,21)15-17-12-5-3-4-6-13(12)24-15/h3-6,10-11H,7-9H2,1-2H3,(H,18,19)/t10-,11+/m1/s1. The number of sulfone groups is 1. The Kier molecular flexibility index (Phi) is 4.84. The summed E-state index contributed by atoms with van der Waals surface area (Å²) in [6, 6.07) is 7.22. The molecule has 1 aliphatic rings. The van der Waals surface area contributed by atoms with Crippen LogP contribution in [0.5, 0.6) is 0 Å². The number of hydrogen-bond donors (Lipinski definition) is 1. The Labute approximate surface area is 149 Å². The van der Waals surface area contributed by atoms with E-state index in [4.69, 9.17) is 14.6 Å². The van der Waals surface area contributed by atoms with E-state index in [1.54, 1.807) is 26.0 Å². The van der Waals surface area contributed by atoms with Gasteiger partial charge in [0.15, 0.2) is 5.79 Å². The lowest BCUT2D eigenvalue weighted by Gasteiger charge is -2.40. The van der Waals surface area contributed by atoms with Crippen molar-refractivity contribution in [3.8, 4) is 0 Å². The van der Waals surface area contributed by atoms with Gasteiger partial charge in [0, 0.05) is 6.42 Å². The number of hydrogen-bond acceptors (Lipinski definition) is 7. The number of thiazole rings is 1. The molecule has 0 unspecified atom stereocenters. The number of benzene rings is 1. The number of carboxylic acids is 1. The van der Waals surface area contributed by atoms with Gasteiger partial charge < -0.3 is 14.6 Å². The molecule has 136 valence electrons. The van der Waals surface area contributed by atoms with Gasteiger partial charge in [-0.3, -0.25) is 4.79 Å². The summed E-state index contributed by atoms with van der Waals surface area (Å²) in [4.78, 5) is 15.1. The van der Waals surface area contributed by atoms with Crippen LogP contribution < -0.4 is 0 Å². The van der Waals surface area contributed by atoms with Gasteiger partial charge in [0.1, 0.15) is 0 Å². The van der Waals surface area contributed by atoms with E-state index in [-0.39, 0.29) is 22.9 Å². The number of aromatic nitrogens is 1. The molecule has 2 aromatic rings. The fourth-order valence-corrected chi connectivity index (χ4v) is 5.69. The third-order valence-electron chi connectivity index (χ3n) is 3.77. The molecule has 1 N–H and O–H groups in total. The summed E-state index contributed by atoms with van der Waals surface area (Å²) in [7, 11) is -3.64. The highest BCUT2D eigenvalue weighted by molar-refractivity contribution is 7.93. The Morgan fingerprint density at radius 3 is 2.68 bits per heavy atom. The molecule has 0 saturated carbocycles. The lowest BCUT2D eigenvalue weighted by Crippen LogP contribution is -2.47. The van der Waals surface area contributed by atoms with Crippen LogP contribution in [0.3, 0.4) is 0 Å². The first kappa shape index (κ1) is 18.2. The van der Waals surface area contributed by atoms with Crippen LogP contribution in [0.2, 0.25) is 0 Å². The maximum absolute atomic E-state index is 12.7. The number of fused-ring (bicyclic) bond motifs is 1. The molecule has 25 heavy (non-hydrogen) atoms. The molecule has 0 bridgehead atoms. The van der Waals surface area contributed by atoms with E-state index >= 15 is 0 Å². The summed E-state index contributed by atoms with van der Waals surface area (Å²) in [6.07, 6.45) is -1.22. The van der Waals surface area contributed by atoms with Crippen molar-refractivity contribution in [3.63, 3.8) is 0 Å². The quantitative estimate of drug-likeness (QED) is 0.843. The fraction of sp³-hybridized carbons (Fsp3) is 0.500.